The van der Waals surface area contributed by atoms with E-state index in [0.717, 1.165) is 15.9 Å². The molecule has 0 saturated carbocycles. The summed E-state index contributed by atoms with van der Waals surface area (Å²) in [6, 6.07) is -8.49. The predicted octanol–water partition coefficient (Wildman–Crippen LogP) is 5.61. The molecule has 1 saturated heterocycles. The van der Waals surface area contributed by atoms with E-state index >= 15 is 9.59 Å². The lowest BCUT2D eigenvalue weighted by Gasteiger charge is -2.41. The first-order chi connectivity index (χ1) is 40.1. The molecule has 1 rings (SSSR count). The van der Waals surface area contributed by atoms with Crippen LogP contribution in [0.5, 0.6) is 0 Å². The molecule has 0 spiro atoms. The number of carboxylic acids is 1. The van der Waals surface area contributed by atoms with Crippen LogP contribution in [0.25, 0.3) is 0 Å². The predicted molar refractivity (Wildman–Crippen MR) is 334 cm³/mol. The second kappa shape index (κ2) is 35.8. The lowest BCUT2D eigenvalue weighted by Crippen LogP contribution is -2.61. The van der Waals surface area contributed by atoms with Crippen molar-refractivity contribution in [2.45, 2.75) is 217 Å². The largest absolute Gasteiger partial charge is 0.478 e. The van der Waals surface area contributed by atoms with Gasteiger partial charge in [-0.15, -0.1) is 0 Å². The standard InChI is InChI=1S/C65H112N8O14/c1-24-45-33-53(76)57(58(80)42(14)26-25-27-55(78)79)73(23)65(87)56(41(12)13)72(22)64(86)50(31-39(8)9)71(21)63(85)49(30-38(6)7)70(20)60(82)44(16)66-59(81)43(15)32-51(74)48(29-37(4)5)69(19)62(84)46(40(10)11)34-52(75)47(28-36(2)3)68(18)54(77)35-67(17)61(45)83/h25,27,36-50,56-58,80H,24,26,28-35H2,1-23H3,(H,66,81)(H,78,79)/t42-,43-,44-,45-,46+,47+,48+,49+,50+,56+,57-,58-/m1/s1. The summed E-state index contributed by atoms with van der Waals surface area (Å²) in [6.07, 6.45) is 0.240. The van der Waals surface area contributed by atoms with Crippen molar-refractivity contribution in [1.82, 2.24) is 39.6 Å². The number of rotatable bonds is 16. The van der Waals surface area contributed by atoms with Gasteiger partial charge in [0.1, 0.15) is 30.2 Å². The first kappa shape index (κ1) is 79.0. The van der Waals surface area contributed by atoms with Crippen molar-refractivity contribution in [3.63, 3.8) is 0 Å². The Morgan fingerprint density at radius 3 is 1.39 bits per heavy atom. The fraction of sp³-hybridized carbons (Fsp3) is 0.785. The number of carbonyl (C=O) groups is 12. The lowest BCUT2D eigenvalue weighted by atomic mass is 9.84. The average Bonchev–Trinajstić information content (AvgIpc) is 1.19. The highest BCUT2D eigenvalue weighted by Crippen LogP contribution is 2.29. The van der Waals surface area contributed by atoms with E-state index in [4.69, 9.17) is 0 Å². The summed E-state index contributed by atoms with van der Waals surface area (Å²) in [5.74, 6) is -13.1. The summed E-state index contributed by atoms with van der Waals surface area (Å²) < 4.78 is 0. The minimum absolute atomic E-state index is 0.0338. The van der Waals surface area contributed by atoms with Crippen LogP contribution in [0.4, 0.5) is 0 Å². The second-order valence-electron chi connectivity index (χ2n) is 27.2. The Labute approximate surface area is 520 Å². The first-order valence-corrected chi connectivity index (χ1v) is 31.4. The maximum atomic E-state index is 15.2. The van der Waals surface area contributed by atoms with Crippen LogP contribution in [0.2, 0.25) is 0 Å². The molecule has 22 heteroatoms. The normalized spacial score (nSPS) is 26.8. The quantitative estimate of drug-likeness (QED) is 0.159. The Morgan fingerprint density at radius 2 is 0.943 bits per heavy atom. The Morgan fingerprint density at radius 1 is 0.517 bits per heavy atom. The Bertz CT molecular complexity index is 2420. The van der Waals surface area contributed by atoms with Crippen LogP contribution >= 0.6 is 0 Å². The number of hydrogen-bond acceptors (Lipinski definition) is 13. The van der Waals surface area contributed by atoms with Gasteiger partial charge in [0, 0.05) is 92.4 Å². The van der Waals surface area contributed by atoms with Crippen LogP contribution in [0.15, 0.2) is 12.2 Å². The summed E-state index contributed by atoms with van der Waals surface area (Å²) >= 11 is 0. The summed E-state index contributed by atoms with van der Waals surface area (Å²) in [4.78, 5) is 181. The maximum Gasteiger partial charge on any atom is 0.327 e. The highest BCUT2D eigenvalue weighted by atomic mass is 16.4. The van der Waals surface area contributed by atoms with Crippen molar-refractivity contribution in [3.05, 3.63) is 12.2 Å². The van der Waals surface area contributed by atoms with E-state index in [2.05, 4.69) is 5.32 Å². The molecule has 0 bridgehead atoms. The van der Waals surface area contributed by atoms with Crippen LogP contribution in [0.1, 0.15) is 169 Å². The highest BCUT2D eigenvalue weighted by Gasteiger charge is 2.45. The van der Waals surface area contributed by atoms with E-state index < -0.39 is 167 Å². The van der Waals surface area contributed by atoms with E-state index in [-0.39, 0.29) is 75.0 Å². The Kier molecular flexibility index (Phi) is 32.5. The van der Waals surface area contributed by atoms with Gasteiger partial charge in [0.15, 0.2) is 17.3 Å². The van der Waals surface area contributed by atoms with Crippen LogP contribution in [0, 0.1) is 59.2 Å². The number of aliphatic carboxylic acids is 1. The molecule has 1 aliphatic rings. The zero-order valence-electron chi connectivity index (χ0n) is 57.0. The Hall–Kier alpha value is -6.06. The van der Waals surface area contributed by atoms with Crippen molar-refractivity contribution < 1.29 is 67.7 Å². The Balaban J connectivity index is 4.35. The summed E-state index contributed by atoms with van der Waals surface area (Å²) in [7, 11) is 9.96. The molecular weight excluding hydrogens is 1120 g/mol. The van der Waals surface area contributed by atoms with E-state index in [9.17, 15) is 58.2 Å². The topological polar surface area (TPSA) is 280 Å². The minimum atomic E-state index is -1.64. The van der Waals surface area contributed by atoms with Crippen molar-refractivity contribution in [2.24, 2.45) is 59.2 Å². The van der Waals surface area contributed by atoms with E-state index in [1.165, 1.54) is 86.8 Å². The number of carbonyl (C=O) groups excluding carboxylic acids is 11. The molecule has 3 N–H and O–H groups in total. The number of nitrogens with one attached hydrogen (secondary N) is 1. The maximum absolute atomic E-state index is 15.2. The molecule has 0 aliphatic carbocycles. The van der Waals surface area contributed by atoms with Gasteiger partial charge in [0.2, 0.25) is 47.3 Å². The fourth-order valence-corrected chi connectivity index (χ4v) is 11.6. The third-order valence-electron chi connectivity index (χ3n) is 17.1. The second-order valence-corrected chi connectivity index (χ2v) is 27.2. The van der Waals surface area contributed by atoms with Gasteiger partial charge < -0.3 is 49.8 Å². The molecule has 1 heterocycles. The summed E-state index contributed by atoms with van der Waals surface area (Å²) in [5.41, 5.74) is 0. The molecule has 0 aromatic carbocycles. The molecule has 0 unspecified atom stereocenters. The van der Waals surface area contributed by atoms with Gasteiger partial charge in [-0.25, -0.2) is 4.79 Å². The van der Waals surface area contributed by atoms with Gasteiger partial charge in [0.05, 0.1) is 24.7 Å². The summed E-state index contributed by atoms with van der Waals surface area (Å²) in [5, 5.41) is 24.2. The molecule has 12 atom stereocenters. The number of aliphatic hydroxyl groups is 1. The number of allylic oxidation sites excluding steroid dienone is 1. The van der Waals surface area contributed by atoms with Gasteiger partial charge in [-0.2, -0.15) is 0 Å². The van der Waals surface area contributed by atoms with Gasteiger partial charge in [0.25, 0.3) is 0 Å². The van der Waals surface area contributed by atoms with Gasteiger partial charge in [-0.1, -0.05) is 110 Å². The van der Waals surface area contributed by atoms with Crippen LogP contribution in [0.3, 0.4) is 0 Å². The van der Waals surface area contributed by atoms with E-state index in [1.807, 2.05) is 55.4 Å². The van der Waals surface area contributed by atoms with Crippen LogP contribution in [-0.2, 0) is 57.5 Å². The van der Waals surface area contributed by atoms with E-state index in [0.29, 0.717) is 0 Å². The number of nitrogens with zero attached hydrogens (tertiary/aromatic N) is 7. The van der Waals surface area contributed by atoms with Gasteiger partial charge >= 0.3 is 5.97 Å². The SMILES string of the molecule is CC[C@@H]1CC(=O)[C@H]([C@H](O)[C@H](C)CC=CC(=O)O)N(C)C(=O)[C@H](C(C)C)N(C)C(=O)[C@H](CC(C)C)N(C)C(=O)[C@H](CC(C)C)N(C)C(=O)[C@@H](C)NC(=O)[C@H](C)CC(=O)[C@H](CC(C)C)N(C)C(=O)[C@H](C(C)C)CC(=O)[C@H](CC(C)C)N(C)C(=O)CN(C)C1=O. The van der Waals surface area contributed by atoms with Crippen molar-refractivity contribution >= 4 is 70.6 Å². The molecule has 496 valence electrons. The zero-order valence-corrected chi connectivity index (χ0v) is 57.0. The third-order valence-corrected chi connectivity index (χ3v) is 17.1. The molecule has 1 fully saturated rings. The number of hydrogen-bond donors (Lipinski definition) is 3. The zero-order chi connectivity index (χ0) is 67.6. The van der Waals surface area contributed by atoms with Gasteiger partial charge in [-0.05, 0) is 86.9 Å². The molecule has 8 amide bonds. The van der Waals surface area contributed by atoms with E-state index in [1.54, 1.807) is 48.5 Å². The smallest absolute Gasteiger partial charge is 0.327 e. The van der Waals surface area contributed by atoms with Crippen molar-refractivity contribution in [3.8, 4) is 0 Å². The van der Waals surface area contributed by atoms with Crippen molar-refractivity contribution in [2.75, 3.05) is 55.9 Å². The number of Topliss-reactive ketones (excluding diaryl/α,β-unsaturated/α-hetero) is 3. The third kappa shape index (κ3) is 22.8. The number of amides is 8. The highest BCUT2D eigenvalue weighted by molar-refractivity contribution is 5.99. The summed E-state index contributed by atoms with van der Waals surface area (Å²) in [6.45, 7) is 27.7. The monoisotopic (exact) mass is 1230 g/mol. The minimum Gasteiger partial charge on any atom is -0.478 e. The fourth-order valence-electron chi connectivity index (χ4n) is 11.6. The van der Waals surface area contributed by atoms with Crippen LogP contribution < -0.4 is 5.32 Å². The number of ketones is 3. The molecule has 87 heavy (non-hydrogen) atoms. The van der Waals surface area contributed by atoms with Gasteiger partial charge in [-0.3, -0.25) is 52.7 Å². The number of carboxylic acid groups (broad SMARTS) is 1. The molecule has 0 aromatic heterocycles. The molecule has 22 nitrogen and oxygen atoms in total. The molecule has 0 aromatic rings. The molecule has 1 aliphatic heterocycles. The molecular formula is C65H112N8O14. The van der Waals surface area contributed by atoms with Crippen molar-refractivity contribution in [1.29, 1.82) is 0 Å². The average molecular weight is 1230 g/mol. The van der Waals surface area contributed by atoms with Crippen LogP contribution in [-0.4, -0.2) is 219 Å². The molecule has 0 radical (unpaired) electrons. The number of aliphatic hydroxyl groups excluding tert-OH is 1. The lowest BCUT2D eigenvalue weighted by molar-refractivity contribution is -0.157. The number of likely N-dealkylation sites (N-methyl/N-ethyl adjacent to an activating group) is 7. The first-order valence-electron chi connectivity index (χ1n) is 31.4.